The largest absolute Gasteiger partial charge is 0.465 e. The first-order valence-corrected chi connectivity index (χ1v) is 6.54. The minimum atomic E-state index is -0.900. The number of hydrogen-bond acceptors (Lipinski definition) is 3. The van der Waals surface area contributed by atoms with Crippen molar-refractivity contribution in [1.82, 2.24) is 4.90 Å². The lowest BCUT2D eigenvalue weighted by atomic mass is 9.97. The molecule has 5 nitrogen and oxygen atoms in total. The number of benzene rings is 1. The van der Waals surface area contributed by atoms with Crippen LogP contribution in [0, 0.1) is 0 Å². The molecule has 1 N–H and O–H groups in total. The van der Waals surface area contributed by atoms with Crippen LogP contribution in [0.2, 0.25) is 0 Å². The van der Waals surface area contributed by atoms with Gasteiger partial charge in [-0.05, 0) is 42.2 Å². The van der Waals surface area contributed by atoms with E-state index in [1.54, 1.807) is 13.0 Å². The van der Waals surface area contributed by atoms with Crippen molar-refractivity contribution in [2.24, 2.45) is 0 Å². The number of esters is 1. The number of carbonyl (C=O) groups excluding carboxylic acids is 1. The van der Waals surface area contributed by atoms with Gasteiger partial charge in [-0.15, -0.1) is 0 Å². The summed E-state index contributed by atoms with van der Waals surface area (Å²) in [5, 5.41) is 9.02. The molecule has 0 unspecified atom stereocenters. The van der Waals surface area contributed by atoms with Gasteiger partial charge in [-0.25, -0.2) is 9.59 Å². The molecule has 0 aromatic heterocycles. The van der Waals surface area contributed by atoms with E-state index in [0.717, 1.165) is 23.1 Å². The van der Waals surface area contributed by atoms with Gasteiger partial charge < -0.3 is 14.7 Å². The summed E-state index contributed by atoms with van der Waals surface area (Å²) >= 11 is 0. The van der Waals surface area contributed by atoms with Crippen molar-refractivity contribution < 1.29 is 19.4 Å². The van der Waals surface area contributed by atoms with E-state index in [4.69, 9.17) is 9.84 Å². The van der Waals surface area contributed by atoms with E-state index in [1.165, 1.54) is 11.0 Å². The molecule has 2 rings (SSSR count). The van der Waals surface area contributed by atoms with E-state index >= 15 is 0 Å². The molecule has 20 heavy (non-hydrogen) atoms. The van der Waals surface area contributed by atoms with Crippen molar-refractivity contribution in [3.05, 3.63) is 41.0 Å². The average Bonchev–Trinajstić information content (AvgIpc) is 2.44. The minimum absolute atomic E-state index is 0.348. The van der Waals surface area contributed by atoms with Crippen LogP contribution in [0.3, 0.4) is 0 Å². The summed E-state index contributed by atoms with van der Waals surface area (Å²) in [6, 6.07) is 5.82. The highest BCUT2D eigenvalue weighted by atomic mass is 16.5. The number of amides is 1. The topological polar surface area (TPSA) is 66.8 Å². The molecule has 0 fully saturated rings. The van der Waals surface area contributed by atoms with E-state index in [2.05, 4.69) is 0 Å². The maximum absolute atomic E-state index is 11.3. The number of fused-ring (bicyclic) bond motifs is 1. The Morgan fingerprint density at radius 1 is 1.40 bits per heavy atom. The Morgan fingerprint density at radius 3 is 2.90 bits per heavy atom. The van der Waals surface area contributed by atoms with Gasteiger partial charge in [0.25, 0.3) is 0 Å². The van der Waals surface area contributed by atoms with Crippen molar-refractivity contribution in [2.75, 3.05) is 13.2 Å². The molecule has 1 heterocycles. The normalized spacial score (nSPS) is 14.2. The first kappa shape index (κ1) is 14.1. The van der Waals surface area contributed by atoms with Gasteiger partial charge in [0.05, 0.1) is 6.61 Å². The highest BCUT2D eigenvalue weighted by Gasteiger charge is 2.19. The second-order valence-corrected chi connectivity index (χ2v) is 4.57. The van der Waals surface area contributed by atoms with Crippen LogP contribution in [0.1, 0.15) is 23.6 Å². The second kappa shape index (κ2) is 6.23. The zero-order chi connectivity index (χ0) is 14.5. The van der Waals surface area contributed by atoms with Crippen LogP contribution < -0.4 is 0 Å². The minimum Gasteiger partial charge on any atom is -0.465 e. The standard InChI is InChI=1S/C15H17NO4/c1-2-20-14(17)6-4-11-3-5-12-7-8-16(15(18)19)10-13(12)9-11/h3-6,9H,2,7-8,10H2,1H3,(H,18,19). The number of ether oxygens (including phenoxy) is 1. The Hall–Kier alpha value is -2.30. The summed E-state index contributed by atoms with van der Waals surface area (Å²) in [4.78, 5) is 23.6. The highest BCUT2D eigenvalue weighted by Crippen LogP contribution is 2.21. The number of carboxylic acid groups (broad SMARTS) is 1. The molecule has 1 aliphatic rings. The van der Waals surface area contributed by atoms with Gasteiger partial charge in [0, 0.05) is 19.2 Å². The predicted molar refractivity (Wildman–Crippen MR) is 74.2 cm³/mol. The molecule has 0 saturated heterocycles. The summed E-state index contributed by atoms with van der Waals surface area (Å²) in [6.07, 6.45) is 2.88. The van der Waals surface area contributed by atoms with E-state index < -0.39 is 6.09 Å². The molecule has 1 aromatic carbocycles. The molecule has 1 amide bonds. The Kier molecular flexibility index (Phi) is 4.40. The molecule has 0 saturated carbocycles. The number of hydrogen-bond donors (Lipinski definition) is 1. The number of rotatable bonds is 3. The van der Waals surface area contributed by atoms with E-state index in [0.29, 0.717) is 19.7 Å². The van der Waals surface area contributed by atoms with E-state index in [9.17, 15) is 9.59 Å². The number of nitrogens with zero attached hydrogens (tertiary/aromatic N) is 1. The maximum Gasteiger partial charge on any atom is 0.407 e. The van der Waals surface area contributed by atoms with Crippen LogP contribution in [-0.4, -0.2) is 35.2 Å². The second-order valence-electron chi connectivity index (χ2n) is 4.57. The molecule has 0 bridgehead atoms. The quantitative estimate of drug-likeness (QED) is 0.679. The van der Waals surface area contributed by atoms with Crippen LogP contribution in [0.15, 0.2) is 24.3 Å². The smallest absolute Gasteiger partial charge is 0.407 e. The fourth-order valence-electron chi connectivity index (χ4n) is 2.20. The van der Waals surface area contributed by atoms with Crippen LogP contribution in [0.5, 0.6) is 0 Å². The lowest BCUT2D eigenvalue weighted by molar-refractivity contribution is -0.137. The fourth-order valence-corrected chi connectivity index (χ4v) is 2.20. The average molecular weight is 275 g/mol. The van der Waals surface area contributed by atoms with E-state index in [-0.39, 0.29) is 5.97 Å². The predicted octanol–water partition coefficient (Wildman–Crippen LogP) is 2.30. The first-order valence-electron chi connectivity index (χ1n) is 6.54. The molecule has 5 heteroatoms. The van der Waals surface area contributed by atoms with Crippen LogP contribution in [0.25, 0.3) is 6.08 Å². The Labute approximate surface area is 117 Å². The highest BCUT2D eigenvalue weighted by molar-refractivity contribution is 5.87. The zero-order valence-corrected chi connectivity index (χ0v) is 11.3. The zero-order valence-electron chi connectivity index (χ0n) is 11.3. The molecular formula is C15H17NO4. The van der Waals surface area contributed by atoms with Crippen molar-refractivity contribution in [2.45, 2.75) is 19.9 Å². The molecule has 1 aliphatic heterocycles. The van der Waals surface area contributed by atoms with E-state index in [1.807, 2.05) is 18.2 Å². The third-order valence-corrected chi connectivity index (χ3v) is 3.21. The molecular weight excluding hydrogens is 258 g/mol. The van der Waals surface area contributed by atoms with Gasteiger partial charge in [-0.1, -0.05) is 12.1 Å². The molecule has 0 spiro atoms. The van der Waals surface area contributed by atoms with Crippen molar-refractivity contribution in [3.8, 4) is 0 Å². The van der Waals surface area contributed by atoms with Crippen molar-refractivity contribution >= 4 is 18.1 Å². The summed E-state index contributed by atoms with van der Waals surface area (Å²) in [5.74, 6) is -0.377. The summed E-state index contributed by atoms with van der Waals surface area (Å²) in [7, 11) is 0. The lowest BCUT2D eigenvalue weighted by Gasteiger charge is -2.26. The van der Waals surface area contributed by atoms with Crippen molar-refractivity contribution in [1.29, 1.82) is 0 Å². The molecule has 0 atom stereocenters. The van der Waals surface area contributed by atoms with Crippen LogP contribution in [0.4, 0.5) is 4.79 Å². The van der Waals surface area contributed by atoms with Gasteiger partial charge in [0.15, 0.2) is 0 Å². The number of carbonyl (C=O) groups is 2. The van der Waals surface area contributed by atoms with Crippen molar-refractivity contribution in [3.63, 3.8) is 0 Å². The lowest BCUT2D eigenvalue weighted by Crippen LogP contribution is -2.34. The third kappa shape index (κ3) is 3.38. The van der Waals surface area contributed by atoms with Gasteiger partial charge in [0.2, 0.25) is 0 Å². The first-order chi connectivity index (χ1) is 9.60. The molecule has 0 aliphatic carbocycles. The monoisotopic (exact) mass is 275 g/mol. The Bertz CT molecular complexity index is 551. The van der Waals surface area contributed by atoms with Gasteiger partial charge in [-0.3, -0.25) is 0 Å². The van der Waals surface area contributed by atoms with Crippen LogP contribution in [-0.2, 0) is 22.5 Å². The summed E-state index contributed by atoms with van der Waals surface area (Å²) < 4.78 is 4.81. The van der Waals surface area contributed by atoms with Gasteiger partial charge >= 0.3 is 12.1 Å². The Morgan fingerprint density at radius 2 is 2.20 bits per heavy atom. The molecule has 1 aromatic rings. The van der Waals surface area contributed by atoms with Gasteiger partial charge in [0.1, 0.15) is 0 Å². The maximum atomic E-state index is 11.3. The Balaban J connectivity index is 2.13. The molecule has 0 radical (unpaired) electrons. The molecule has 106 valence electrons. The summed E-state index contributed by atoms with van der Waals surface area (Å²) in [5.41, 5.74) is 3.02. The van der Waals surface area contributed by atoms with Crippen LogP contribution >= 0.6 is 0 Å². The summed E-state index contributed by atoms with van der Waals surface area (Å²) in [6.45, 7) is 3.03. The third-order valence-electron chi connectivity index (χ3n) is 3.21. The SMILES string of the molecule is CCOC(=O)C=Cc1ccc2c(c1)CN(C(=O)O)CC2. The fraction of sp³-hybridized carbons (Fsp3) is 0.333. The van der Waals surface area contributed by atoms with Gasteiger partial charge in [-0.2, -0.15) is 0 Å².